The van der Waals surface area contributed by atoms with Crippen molar-refractivity contribution in [3.63, 3.8) is 0 Å². The van der Waals surface area contributed by atoms with Crippen LogP contribution < -0.4 is 4.74 Å². The Bertz CT molecular complexity index is 4820. The van der Waals surface area contributed by atoms with E-state index in [1.165, 1.54) is 41.6 Å². The number of carboxylic acid groups (broad SMARTS) is 1. The topological polar surface area (TPSA) is 194 Å². The van der Waals surface area contributed by atoms with Crippen LogP contribution in [0.3, 0.4) is 0 Å². The number of ether oxygens (including phenoxy) is 1. The summed E-state index contributed by atoms with van der Waals surface area (Å²) in [6.45, 7) is 7.94. The van der Waals surface area contributed by atoms with Gasteiger partial charge in [0.25, 0.3) is 0 Å². The van der Waals surface area contributed by atoms with Crippen molar-refractivity contribution in [2.75, 3.05) is 72.5 Å². The minimum Gasteiger partial charge on any atom is -0.781 e. The summed E-state index contributed by atoms with van der Waals surface area (Å²) in [6, 6.07) is 105. The molecule has 5 heterocycles. The van der Waals surface area contributed by atoms with Gasteiger partial charge >= 0.3 is 60.5 Å². The first-order valence-corrected chi connectivity index (χ1v) is 45.4. The molecule has 0 bridgehead atoms. The number of hydrogen-bond donors (Lipinski definition) is 2. The Morgan fingerprint density at radius 1 is 0.424 bits per heavy atom. The predicted octanol–water partition coefficient (Wildman–Crippen LogP) is 25.4. The van der Waals surface area contributed by atoms with Crippen molar-refractivity contribution in [3.05, 3.63) is 403 Å². The molecule has 14 aromatic rings. The summed E-state index contributed by atoms with van der Waals surface area (Å²) in [4.78, 5) is 32.3. The van der Waals surface area contributed by atoms with Crippen LogP contribution in [0.25, 0.3) is 76.7 Å². The number of benzene rings is 9. The monoisotopic (exact) mass is 2700 g/mol. The van der Waals surface area contributed by atoms with E-state index in [1.54, 1.807) is 71.5 Å². The zero-order valence-corrected chi connectivity index (χ0v) is 85.4. The largest absolute Gasteiger partial charge is 2.00 e. The maximum atomic E-state index is 12.5. The number of hydrogen-bond acceptors (Lipinski definition) is 12. The molecule has 0 aliphatic carbocycles. The van der Waals surface area contributed by atoms with Crippen LogP contribution in [0.1, 0.15) is 32.6 Å². The van der Waals surface area contributed by atoms with Gasteiger partial charge in [0.15, 0.2) is 0 Å². The average molecular weight is 2700 g/mol. The minimum absolute atomic E-state index is 0. The van der Waals surface area contributed by atoms with Crippen LogP contribution in [0.2, 0.25) is 0 Å². The Morgan fingerprint density at radius 3 is 1.07 bits per heavy atom. The second kappa shape index (κ2) is 68.1. The van der Waals surface area contributed by atoms with Crippen molar-refractivity contribution in [3.8, 4) is 67.8 Å². The van der Waals surface area contributed by atoms with Crippen LogP contribution >= 0.6 is 32.8 Å². The second-order valence-corrected chi connectivity index (χ2v) is 31.5. The van der Waals surface area contributed by atoms with E-state index >= 15 is 0 Å². The number of aromatic carboxylic acids is 1. The molecule has 0 radical (unpaired) electrons. The van der Waals surface area contributed by atoms with Gasteiger partial charge in [0.2, 0.25) is 0 Å². The van der Waals surface area contributed by atoms with Gasteiger partial charge in [0.05, 0.1) is 22.7 Å². The molecule has 30 heteroatoms. The summed E-state index contributed by atoms with van der Waals surface area (Å²) < 4.78 is 101. The van der Waals surface area contributed by atoms with E-state index in [1.807, 2.05) is 249 Å². The Hall–Kier alpha value is -8.08. The smallest absolute Gasteiger partial charge is 0.781 e. The molecule has 9 aromatic carbocycles. The number of halogens is 6. The molecule has 13 nitrogen and oxygen atoms in total. The third kappa shape index (κ3) is 47.5. The van der Waals surface area contributed by atoms with Gasteiger partial charge in [-0.3, -0.25) is 0 Å². The number of rotatable bonds is 17. The first kappa shape index (κ1) is 117. The molecule has 0 amide bonds. The SMILES string of the molecule is COc1c[c-]c(-c2ccccn2)cc1.CPCCPC.C[N-]c1ccccc1[N-]C.C[PH](=O)CC[PH](C)=O.FC(F)(F)c1cc[c-]c(-c2cc(C(F)(F)F)ccn2)c1.O=C(O)c1ccccc1O.[Pt+2].[Pt+2].[Pt].[Pt].[Pt].[S-]C(=C([S-])c1ccccc1)c1ccccc1.[c-]1ccccc1-c1ccccn1.[c-]1ccccc1-c1ccccn1.[c-]1ccccc1-c1ccccn1. The van der Waals surface area contributed by atoms with E-state index in [9.17, 15) is 40.3 Å². The zero-order chi connectivity index (χ0) is 87.2. The normalized spacial score (nSPS) is 10.6. The van der Waals surface area contributed by atoms with E-state index in [4.69, 9.17) is 40.2 Å². The first-order valence-electron chi connectivity index (χ1n) is 36.9. The molecule has 0 saturated heterocycles. The molecule has 4 unspecified atom stereocenters. The van der Waals surface area contributed by atoms with E-state index < -0.39 is 45.1 Å². The maximum Gasteiger partial charge on any atom is 2.00 e. The second-order valence-electron chi connectivity index (χ2n) is 24.5. The van der Waals surface area contributed by atoms with Crippen LogP contribution in [0.15, 0.2) is 334 Å². The summed E-state index contributed by atoms with van der Waals surface area (Å²) in [7, 11) is 4.81. The summed E-state index contributed by atoms with van der Waals surface area (Å²) in [5.74, 6) is -0.502. The molecule has 0 saturated carbocycles. The molecule has 0 aliphatic heterocycles. The number of phenols is 1. The van der Waals surface area contributed by atoms with Crippen molar-refractivity contribution in [2.24, 2.45) is 0 Å². The fraction of sp³-hybridized carbons (Fsp3) is 0.137. The van der Waals surface area contributed by atoms with E-state index in [0.717, 1.165) is 107 Å². The molecule has 0 fully saturated rings. The van der Waals surface area contributed by atoms with Crippen molar-refractivity contribution >= 4 is 85.2 Å². The third-order valence-electron chi connectivity index (χ3n) is 15.6. The number of aromatic nitrogens is 5. The van der Waals surface area contributed by atoms with E-state index in [2.05, 4.69) is 79.2 Å². The Kier molecular flexibility index (Phi) is 63.7. The fourth-order valence-electron chi connectivity index (χ4n) is 9.53. The number of methoxy groups -OCH3 is 1. The predicted molar refractivity (Wildman–Crippen MR) is 491 cm³/mol. The summed E-state index contributed by atoms with van der Waals surface area (Å²) >= 11 is 10.8. The minimum atomic E-state index is -4.58. The van der Waals surface area contributed by atoms with Crippen molar-refractivity contribution in [2.45, 2.75) is 12.4 Å². The molecule has 125 heavy (non-hydrogen) atoms. The van der Waals surface area contributed by atoms with Crippen LogP contribution in [-0.2, 0) is 152 Å². The number of carboxylic acids is 1. The fourth-order valence-corrected chi connectivity index (χ4v) is 14.9. The number of nitrogens with zero attached hydrogens (tertiary/aromatic N) is 7. The Balaban J connectivity index is 0.00000138. The third-order valence-corrected chi connectivity index (χ3v) is 21.0. The van der Waals surface area contributed by atoms with Gasteiger partial charge in [-0.15, -0.1) is 199 Å². The maximum absolute atomic E-state index is 12.5. The molecular weight excluding hydrogens is 2610 g/mol. The molecule has 5 aromatic heterocycles. The number of alkyl halides is 6. The zero-order valence-electron chi connectivity index (χ0n) is 68.4. The van der Waals surface area contributed by atoms with Crippen LogP contribution in [0.5, 0.6) is 11.5 Å². The van der Waals surface area contributed by atoms with Gasteiger partial charge in [0, 0.05) is 118 Å². The number of para-hydroxylation sites is 3. The standard InChI is InChI=1S/C14H12S2.C13H6F6N.C12H10NO.3C11H8N.C8H10N2.C7H6O3.C4H12O2P2.C4H12P2.5Pt/c15-13(11-7-3-1-4-8-11)14(16)12-9-5-2-6-10-12;14-12(15,16)9-3-1-2-8(6-9)11-7-10(4-5-20-11)13(17,18)19;1-14-11-7-5-10(6-8-11)12-4-2-3-9-13-12;3*1-2-6-10(7-3-1)11-8-4-5-9-12-11;1-9-7-5-3-4-6-8(7)10-2;8-6-4-2-1-3-5(6)7(9)10;1-7(5)3-4-8(2)6;1-5-3-4-6-2;;;;;/h1-10,15-16H;1,3-7H;2-5,7-9H,1H3;3*1-6,8-9H;3-6H,1-2H3;1-4,8H,(H,9,10);7-8H,3-4H2,1-2H3;5-6H,3-4H2,1-2H3;;;;;/q;5*-1;-2;;;;;;;2*+2/p-2. The first-order chi connectivity index (χ1) is 57.9. The van der Waals surface area contributed by atoms with Gasteiger partial charge in [-0.2, -0.15) is 47.5 Å². The summed E-state index contributed by atoms with van der Waals surface area (Å²) in [6.07, 6.45) is 3.11. The van der Waals surface area contributed by atoms with E-state index in [0.29, 0.717) is 24.5 Å². The quantitative estimate of drug-likeness (QED) is 0.0219. The van der Waals surface area contributed by atoms with Gasteiger partial charge in [-0.1, -0.05) is 152 Å². The van der Waals surface area contributed by atoms with Gasteiger partial charge in [-0.25, -0.2) is 4.79 Å². The van der Waals surface area contributed by atoms with Crippen LogP contribution in [-0.4, -0.2) is 114 Å². The summed E-state index contributed by atoms with van der Waals surface area (Å²) in [5, 5.41) is 25.4. The van der Waals surface area contributed by atoms with Crippen LogP contribution in [0, 0.1) is 30.3 Å². The number of carbonyl (C=O) groups is 1. The van der Waals surface area contributed by atoms with Crippen molar-refractivity contribution in [1.82, 2.24) is 24.9 Å². The van der Waals surface area contributed by atoms with Gasteiger partial charge in [0.1, 0.15) is 11.3 Å². The molecule has 0 aliphatic rings. The van der Waals surface area contributed by atoms with Gasteiger partial charge < -0.3 is 84.9 Å². The molecule has 4 atom stereocenters. The molecule has 14 rings (SSSR count). The van der Waals surface area contributed by atoms with Crippen LogP contribution in [0.4, 0.5) is 37.7 Å². The Morgan fingerprint density at radius 2 is 0.768 bits per heavy atom. The number of pyridine rings is 5. The summed E-state index contributed by atoms with van der Waals surface area (Å²) in [5.41, 5.74) is 9.47. The number of aromatic hydroxyl groups is 1. The molecular formula is C95H90F6N7O6P4Pt5S2-5. The average Bonchev–Trinajstić information content (AvgIpc) is 0.813. The van der Waals surface area contributed by atoms with Crippen molar-refractivity contribution in [1.29, 1.82) is 0 Å². The van der Waals surface area contributed by atoms with E-state index in [-0.39, 0.29) is 128 Å². The molecule has 670 valence electrons. The van der Waals surface area contributed by atoms with Gasteiger partial charge in [-0.05, 0) is 127 Å². The molecule has 0 spiro atoms. The Labute approximate surface area is 818 Å². The molecule has 2 N–H and O–H groups in total. The van der Waals surface area contributed by atoms with Crippen molar-refractivity contribution < 1.29 is 161 Å².